The Hall–Kier alpha value is -1.59. The highest BCUT2D eigenvalue weighted by Gasteiger charge is 2.44. The summed E-state index contributed by atoms with van der Waals surface area (Å²) in [6.07, 6.45) is 2.52. The van der Waals surface area contributed by atoms with Crippen LogP contribution in [0.15, 0.2) is 24.3 Å². The van der Waals surface area contributed by atoms with E-state index in [1.807, 2.05) is 17.0 Å². The Kier molecular flexibility index (Phi) is 4.87. The maximum absolute atomic E-state index is 13.0. The molecule has 5 heteroatoms. The van der Waals surface area contributed by atoms with Crippen LogP contribution in [0.25, 0.3) is 0 Å². The van der Waals surface area contributed by atoms with E-state index in [0.29, 0.717) is 5.92 Å². The van der Waals surface area contributed by atoms with E-state index in [0.717, 1.165) is 51.2 Å². The van der Waals surface area contributed by atoms with Gasteiger partial charge in [-0.05, 0) is 50.0 Å². The largest absolute Gasteiger partial charge is 0.497 e. The maximum Gasteiger partial charge on any atom is 0.254 e. The molecule has 0 aliphatic carbocycles. The number of piperidine rings is 1. The third-order valence-electron chi connectivity index (χ3n) is 5.25. The van der Waals surface area contributed by atoms with Gasteiger partial charge in [0.05, 0.1) is 7.11 Å². The SMILES string of the molecule is COc1ccc(C2CCN(C(=O)C3(OC)CCNCC3)C2)cc1. The average Bonchev–Trinajstić information content (AvgIpc) is 3.11. The van der Waals surface area contributed by atoms with E-state index in [9.17, 15) is 4.79 Å². The fourth-order valence-corrected chi connectivity index (χ4v) is 3.72. The number of nitrogens with one attached hydrogen (secondary N) is 1. The lowest BCUT2D eigenvalue weighted by Crippen LogP contribution is -2.54. The van der Waals surface area contributed by atoms with E-state index >= 15 is 0 Å². The lowest BCUT2D eigenvalue weighted by atomic mass is 9.90. The predicted molar refractivity (Wildman–Crippen MR) is 88.8 cm³/mol. The Morgan fingerprint density at radius 1 is 1.22 bits per heavy atom. The fraction of sp³-hybridized carbons (Fsp3) is 0.611. The molecule has 2 aliphatic rings. The summed E-state index contributed by atoms with van der Waals surface area (Å²) in [5.74, 6) is 1.44. The molecule has 5 nitrogen and oxygen atoms in total. The number of amides is 1. The molecule has 2 fully saturated rings. The predicted octanol–water partition coefficient (Wildman–Crippen LogP) is 1.78. The first-order chi connectivity index (χ1) is 11.2. The molecule has 23 heavy (non-hydrogen) atoms. The number of hydrogen-bond donors (Lipinski definition) is 1. The minimum Gasteiger partial charge on any atom is -0.497 e. The van der Waals surface area contributed by atoms with Crippen LogP contribution in [0, 0.1) is 0 Å². The average molecular weight is 318 g/mol. The number of nitrogens with zero attached hydrogens (tertiary/aromatic N) is 1. The Morgan fingerprint density at radius 3 is 2.52 bits per heavy atom. The third kappa shape index (κ3) is 3.21. The number of benzene rings is 1. The number of carbonyl (C=O) groups excluding carboxylic acids is 1. The third-order valence-corrected chi connectivity index (χ3v) is 5.25. The summed E-state index contributed by atoms with van der Waals surface area (Å²) < 4.78 is 10.9. The summed E-state index contributed by atoms with van der Waals surface area (Å²) in [6, 6.07) is 8.19. The van der Waals surface area contributed by atoms with Gasteiger partial charge in [0.1, 0.15) is 11.4 Å². The molecule has 126 valence electrons. The molecule has 0 spiro atoms. The fourth-order valence-electron chi connectivity index (χ4n) is 3.72. The summed E-state index contributed by atoms with van der Waals surface area (Å²) in [4.78, 5) is 15.0. The molecule has 0 radical (unpaired) electrons. The van der Waals surface area contributed by atoms with Crippen LogP contribution in [0.5, 0.6) is 5.75 Å². The second-order valence-corrected chi connectivity index (χ2v) is 6.46. The van der Waals surface area contributed by atoms with Crippen LogP contribution in [0.3, 0.4) is 0 Å². The van der Waals surface area contributed by atoms with Crippen molar-refractivity contribution in [2.24, 2.45) is 0 Å². The molecule has 1 atom stereocenters. The Morgan fingerprint density at radius 2 is 1.91 bits per heavy atom. The van der Waals surface area contributed by atoms with E-state index in [4.69, 9.17) is 9.47 Å². The monoisotopic (exact) mass is 318 g/mol. The Labute approximate surface area is 137 Å². The van der Waals surface area contributed by atoms with Crippen LogP contribution in [0.1, 0.15) is 30.7 Å². The highest BCUT2D eigenvalue weighted by molar-refractivity contribution is 5.85. The van der Waals surface area contributed by atoms with Gasteiger partial charge in [-0.25, -0.2) is 0 Å². The highest BCUT2D eigenvalue weighted by Crippen LogP contribution is 2.32. The molecule has 1 amide bonds. The summed E-state index contributed by atoms with van der Waals surface area (Å²) in [7, 11) is 3.34. The standard InChI is InChI=1S/C18H26N2O3/c1-22-16-5-3-14(4-6-16)15-7-12-20(13-15)17(21)18(23-2)8-10-19-11-9-18/h3-6,15,19H,7-13H2,1-2H3. The highest BCUT2D eigenvalue weighted by atomic mass is 16.5. The van der Waals surface area contributed by atoms with Gasteiger partial charge in [-0.15, -0.1) is 0 Å². The zero-order chi connectivity index (χ0) is 16.3. The van der Waals surface area contributed by atoms with E-state index < -0.39 is 5.60 Å². The molecular weight excluding hydrogens is 292 g/mol. The number of ether oxygens (including phenoxy) is 2. The van der Waals surface area contributed by atoms with Crippen LogP contribution >= 0.6 is 0 Å². The van der Waals surface area contributed by atoms with Gasteiger partial charge in [0.15, 0.2) is 0 Å². The molecule has 1 aromatic carbocycles. The van der Waals surface area contributed by atoms with Crippen molar-refractivity contribution < 1.29 is 14.3 Å². The van der Waals surface area contributed by atoms with Gasteiger partial charge >= 0.3 is 0 Å². The van der Waals surface area contributed by atoms with Crippen LogP contribution in [0.2, 0.25) is 0 Å². The molecule has 0 bridgehead atoms. The number of carbonyl (C=O) groups is 1. The van der Waals surface area contributed by atoms with Crippen LogP contribution in [-0.4, -0.2) is 56.8 Å². The molecule has 2 aliphatic heterocycles. The molecule has 1 N–H and O–H groups in total. The molecule has 2 saturated heterocycles. The van der Waals surface area contributed by atoms with Crippen LogP contribution < -0.4 is 10.1 Å². The van der Waals surface area contributed by atoms with Gasteiger partial charge in [-0.2, -0.15) is 0 Å². The van der Waals surface area contributed by atoms with Gasteiger partial charge in [0.2, 0.25) is 0 Å². The summed E-state index contributed by atoms with van der Waals surface area (Å²) in [6.45, 7) is 3.28. The van der Waals surface area contributed by atoms with Crippen molar-refractivity contribution in [2.75, 3.05) is 40.4 Å². The first-order valence-corrected chi connectivity index (χ1v) is 8.38. The molecule has 2 heterocycles. The second kappa shape index (κ2) is 6.89. The van der Waals surface area contributed by atoms with E-state index in [-0.39, 0.29) is 5.91 Å². The Bertz CT molecular complexity index is 538. The van der Waals surface area contributed by atoms with Gasteiger partial charge < -0.3 is 19.7 Å². The molecule has 3 rings (SSSR count). The maximum atomic E-state index is 13.0. The lowest BCUT2D eigenvalue weighted by molar-refractivity contribution is -0.157. The normalized spacial score (nSPS) is 23.7. The van der Waals surface area contributed by atoms with E-state index in [2.05, 4.69) is 17.4 Å². The van der Waals surface area contributed by atoms with Crippen molar-refractivity contribution in [3.8, 4) is 5.75 Å². The van der Waals surface area contributed by atoms with Crippen molar-refractivity contribution in [2.45, 2.75) is 30.8 Å². The van der Waals surface area contributed by atoms with Crippen molar-refractivity contribution >= 4 is 5.91 Å². The zero-order valence-electron chi connectivity index (χ0n) is 14.0. The van der Waals surface area contributed by atoms with Crippen molar-refractivity contribution in [3.05, 3.63) is 29.8 Å². The number of rotatable bonds is 4. The molecule has 1 aromatic rings. The number of likely N-dealkylation sites (tertiary alicyclic amines) is 1. The smallest absolute Gasteiger partial charge is 0.254 e. The molecular formula is C18H26N2O3. The van der Waals surface area contributed by atoms with Crippen LogP contribution in [0.4, 0.5) is 0 Å². The first kappa shape index (κ1) is 16.3. The molecule has 1 unspecified atom stereocenters. The van der Waals surface area contributed by atoms with E-state index in [1.165, 1.54) is 5.56 Å². The topological polar surface area (TPSA) is 50.8 Å². The van der Waals surface area contributed by atoms with Gasteiger partial charge in [-0.3, -0.25) is 4.79 Å². The summed E-state index contributed by atoms with van der Waals surface area (Å²) >= 11 is 0. The van der Waals surface area contributed by atoms with E-state index in [1.54, 1.807) is 14.2 Å². The zero-order valence-corrected chi connectivity index (χ0v) is 14.0. The quantitative estimate of drug-likeness (QED) is 0.919. The number of hydrogen-bond acceptors (Lipinski definition) is 4. The molecule has 0 aromatic heterocycles. The van der Waals surface area contributed by atoms with Crippen molar-refractivity contribution in [3.63, 3.8) is 0 Å². The summed E-state index contributed by atoms with van der Waals surface area (Å²) in [5, 5.41) is 3.30. The lowest BCUT2D eigenvalue weighted by Gasteiger charge is -2.37. The van der Waals surface area contributed by atoms with Gasteiger partial charge in [0, 0.05) is 26.1 Å². The van der Waals surface area contributed by atoms with Gasteiger partial charge in [-0.1, -0.05) is 12.1 Å². The van der Waals surface area contributed by atoms with Crippen LogP contribution in [-0.2, 0) is 9.53 Å². The van der Waals surface area contributed by atoms with Crippen molar-refractivity contribution in [1.29, 1.82) is 0 Å². The summed E-state index contributed by atoms with van der Waals surface area (Å²) in [5.41, 5.74) is 0.651. The first-order valence-electron chi connectivity index (χ1n) is 8.38. The minimum atomic E-state index is -0.625. The molecule has 0 saturated carbocycles. The van der Waals surface area contributed by atoms with Crippen molar-refractivity contribution in [1.82, 2.24) is 10.2 Å². The Balaban J connectivity index is 1.67. The van der Waals surface area contributed by atoms with Gasteiger partial charge in [0.25, 0.3) is 5.91 Å². The minimum absolute atomic E-state index is 0.164. The number of methoxy groups -OCH3 is 2. The second-order valence-electron chi connectivity index (χ2n) is 6.46.